The molecule has 3 N–H and O–H groups in total. The van der Waals surface area contributed by atoms with Crippen molar-refractivity contribution in [1.82, 2.24) is 4.98 Å². The lowest BCUT2D eigenvalue weighted by atomic mass is 9.84. The Morgan fingerprint density at radius 2 is 2.24 bits per heavy atom. The molecule has 21 heavy (non-hydrogen) atoms. The maximum absolute atomic E-state index is 12.3. The van der Waals surface area contributed by atoms with E-state index in [9.17, 15) is 4.79 Å². The predicted molar refractivity (Wildman–Crippen MR) is 82.0 cm³/mol. The van der Waals surface area contributed by atoms with Gasteiger partial charge in [0.2, 0.25) is 5.91 Å². The quantitative estimate of drug-likeness (QED) is 0.909. The first kappa shape index (κ1) is 14.1. The minimum atomic E-state index is -0.0852. The number of hydrogen-bond acceptors (Lipinski definition) is 4. The van der Waals surface area contributed by atoms with Crippen LogP contribution in [0.25, 0.3) is 11.1 Å². The topological polar surface area (TPSA) is 81.2 Å². The van der Waals surface area contributed by atoms with Crippen LogP contribution < -0.4 is 11.1 Å². The van der Waals surface area contributed by atoms with E-state index in [1.807, 2.05) is 25.1 Å². The first-order valence-electron chi connectivity index (χ1n) is 7.63. The summed E-state index contributed by atoms with van der Waals surface area (Å²) < 4.78 is 5.57. The van der Waals surface area contributed by atoms with Gasteiger partial charge in [0, 0.05) is 18.2 Å². The fourth-order valence-electron chi connectivity index (χ4n) is 2.92. The molecule has 1 amide bonds. The van der Waals surface area contributed by atoms with Crippen LogP contribution in [0.1, 0.15) is 38.5 Å². The van der Waals surface area contributed by atoms with Crippen molar-refractivity contribution in [3.05, 3.63) is 24.1 Å². The van der Waals surface area contributed by atoms with Crippen LogP contribution in [0.15, 0.2) is 22.6 Å². The third-order valence-corrected chi connectivity index (χ3v) is 4.16. The lowest BCUT2D eigenvalue weighted by Gasteiger charge is -2.27. The van der Waals surface area contributed by atoms with Crippen LogP contribution in [0.2, 0.25) is 0 Å². The van der Waals surface area contributed by atoms with E-state index in [1.165, 1.54) is 0 Å². The summed E-state index contributed by atoms with van der Waals surface area (Å²) >= 11 is 0. The van der Waals surface area contributed by atoms with Gasteiger partial charge in [-0.2, -0.15) is 0 Å². The first-order chi connectivity index (χ1) is 10.2. The molecule has 112 valence electrons. The van der Waals surface area contributed by atoms with E-state index < -0.39 is 0 Å². The smallest absolute Gasteiger partial charge is 0.229 e. The van der Waals surface area contributed by atoms with Gasteiger partial charge in [-0.05, 0) is 31.0 Å². The van der Waals surface area contributed by atoms with Crippen molar-refractivity contribution in [2.24, 2.45) is 11.7 Å². The molecule has 1 aliphatic rings. The van der Waals surface area contributed by atoms with Crippen molar-refractivity contribution in [3.63, 3.8) is 0 Å². The summed E-state index contributed by atoms with van der Waals surface area (Å²) in [6.45, 7) is 2.00. The Morgan fingerprint density at radius 1 is 1.43 bits per heavy atom. The van der Waals surface area contributed by atoms with Gasteiger partial charge in [-0.1, -0.05) is 19.8 Å². The third kappa shape index (κ3) is 2.93. The summed E-state index contributed by atoms with van der Waals surface area (Å²) in [5.41, 5.74) is 8.33. The SMILES string of the molecule is CCc1nc2cc(NC(=O)C3CCCCC3N)ccc2o1. The number of amides is 1. The number of aryl methyl sites for hydroxylation is 1. The maximum atomic E-state index is 12.3. The van der Waals surface area contributed by atoms with Crippen LogP contribution in [0.4, 0.5) is 5.69 Å². The molecule has 1 aromatic heterocycles. The van der Waals surface area contributed by atoms with Crippen LogP contribution in [0, 0.1) is 5.92 Å². The second-order valence-corrected chi connectivity index (χ2v) is 5.69. The molecule has 1 aliphatic carbocycles. The zero-order valence-electron chi connectivity index (χ0n) is 12.3. The number of anilines is 1. The fraction of sp³-hybridized carbons (Fsp3) is 0.500. The molecule has 2 unspecified atom stereocenters. The van der Waals surface area contributed by atoms with Gasteiger partial charge in [0.1, 0.15) is 5.52 Å². The number of nitrogens with two attached hydrogens (primary N) is 1. The number of rotatable bonds is 3. The monoisotopic (exact) mass is 287 g/mol. The van der Waals surface area contributed by atoms with Gasteiger partial charge in [-0.25, -0.2) is 4.98 Å². The Balaban J connectivity index is 1.76. The van der Waals surface area contributed by atoms with Crippen molar-refractivity contribution in [1.29, 1.82) is 0 Å². The van der Waals surface area contributed by atoms with E-state index in [-0.39, 0.29) is 17.9 Å². The third-order valence-electron chi connectivity index (χ3n) is 4.16. The van der Waals surface area contributed by atoms with Gasteiger partial charge in [0.15, 0.2) is 11.5 Å². The fourth-order valence-corrected chi connectivity index (χ4v) is 2.92. The molecule has 2 aromatic rings. The predicted octanol–water partition coefficient (Wildman–Crippen LogP) is 2.85. The molecule has 0 radical (unpaired) electrons. The minimum absolute atomic E-state index is 0.0146. The van der Waals surface area contributed by atoms with Gasteiger partial charge < -0.3 is 15.5 Å². The standard InChI is InChI=1S/C16H21N3O2/c1-2-15-19-13-9-10(7-8-14(13)21-15)18-16(20)11-5-3-4-6-12(11)17/h7-9,11-12H,2-6,17H2,1H3,(H,18,20). The lowest BCUT2D eigenvalue weighted by molar-refractivity contribution is -0.121. The van der Waals surface area contributed by atoms with E-state index in [4.69, 9.17) is 10.2 Å². The molecule has 5 nitrogen and oxygen atoms in total. The van der Waals surface area contributed by atoms with Crippen LogP contribution in [-0.4, -0.2) is 16.9 Å². The zero-order valence-corrected chi connectivity index (χ0v) is 12.3. The average molecular weight is 287 g/mol. The number of oxazole rings is 1. The number of benzene rings is 1. The second-order valence-electron chi connectivity index (χ2n) is 5.69. The zero-order chi connectivity index (χ0) is 14.8. The number of nitrogens with one attached hydrogen (secondary N) is 1. The molecule has 5 heteroatoms. The van der Waals surface area contributed by atoms with Crippen molar-refractivity contribution in [2.75, 3.05) is 5.32 Å². The highest BCUT2D eigenvalue weighted by Gasteiger charge is 2.28. The van der Waals surface area contributed by atoms with Crippen LogP contribution in [0.5, 0.6) is 0 Å². The number of carbonyl (C=O) groups is 1. The molecule has 1 saturated carbocycles. The largest absolute Gasteiger partial charge is 0.441 e. The molecule has 3 rings (SSSR count). The molecule has 1 fully saturated rings. The van der Waals surface area contributed by atoms with Gasteiger partial charge >= 0.3 is 0 Å². The molecule has 1 aromatic carbocycles. The minimum Gasteiger partial charge on any atom is -0.441 e. The molecule has 1 heterocycles. The van der Waals surface area contributed by atoms with Crippen molar-refractivity contribution < 1.29 is 9.21 Å². The molecule has 0 spiro atoms. The molecular weight excluding hydrogens is 266 g/mol. The summed E-state index contributed by atoms with van der Waals surface area (Å²) in [7, 11) is 0. The summed E-state index contributed by atoms with van der Waals surface area (Å²) in [5, 5.41) is 2.96. The average Bonchev–Trinajstić information content (AvgIpc) is 2.90. The maximum Gasteiger partial charge on any atom is 0.229 e. The summed E-state index contributed by atoms with van der Waals surface area (Å²) in [6.07, 6.45) is 4.76. The van der Waals surface area contributed by atoms with Gasteiger partial charge in [-0.15, -0.1) is 0 Å². The van der Waals surface area contributed by atoms with Crippen molar-refractivity contribution in [2.45, 2.75) is 45.1 Å². The van der Waals surface area contributed by atoms with E-state index in [1.54, 1.807) is 0 Å². The van der Waals surface area contributed by atoms with Crippen LogP contribution in [-0.2, 0) is 11.2 Å². The van der Waals surface area contributed by atoms with Crippen molar-refractivity contribution in [3.8, 4) is 0 Å². The lowest BCUT2D eigenvalue weighted by Crippen LogP contribution is -2.40. The highest BCUT2D eigenvalue weighted by Crippen LogP contribution is 2.25. The first-order valence-corrected chi connectivity index (χ1v) is 7.63. The van der Waals surface area contributed by atoms with E-state index in [0.29, 0.717) is 5.89 Å². The van der Waals surface area contributed by atoms with Crippen LogP contribution in [0.3, 0.4) is 0 Å². The Labute approximate surface area is 123 Å². The van der Waals surface area contributed by atoms with E-state index in [2.05, 4.69) is 10.3 Å². The second kappa shape index (κ2) is 5.85. The molecule has 0 aliphatic heterocycles. The highest BCUT2D eigenvalue weighted by molar-refractivity contribution is 5.94. The molecule has 0 saturated heterocycles. The normalized spacial score (nSPS) is 22.4. The van der Waals surface area contributed by atoms with Gasteiger partial charge in [-0.3, -0.25) is 4.79 Å². The Morgan fingerprint density at radius 3 is 3.00 bits per heavy atom. The van der Waals surface area contributed by atoms with Crippen molar-refractivity contribution >= 4 is 22.7 Å². The van der Waals surface area contributed by atoms with E-state index in [0.717, 1.165) is 48.9 Å². The van der Waals surface area contributed by atoms with Gasteiger partial charge in [0.05, 0.1) is 5.92 Å². The number of carbonyl (C=O) groups excluding carboxylic acids is 1. The molecule has 0 bridgehead atoms. The number of nitrogens with zero attached hydrogens (tertiary/aromatic N) is 1. The van der Waals surface area contributed by atoms with E-state index >= 15 is 0 Å². The number of fused-ring (bicyclic) bond motifs is 1. The van der Waals surface area contributed by atoms with Gasteiger partial charge in [0.25, 0.3) is 0 Å². The summed E-state index contributed by atoms with van der Waals surface area (Å²) in [4.78, 5) is 16.7. The van der Waals surface area contributed by atoms with Crippen LogP contribution >= 0.6 is 0 Å². The summed E-state index contributed by atoms with van der Waals surface area (Å²) in [6, 6.07) is 5.52. The molecule has 2 atom stereocenters. The Bertz CT molecular complexity index is 650. The Kier molecular flexibility index (Phi) is 3.92. The summed E-state index contributed by atoms with van der Waals surface area (Å²) in [5.74, 6) is 0.640. The Hall–Kier alpha value is -1.88. The molecular formula is C16H21N3O2. The number of hydrogen-bond donors (Lipinski definition) is 2. The highest BCUT2D eigenvalue weighted by atomic mass is 16.3. The number of aromatic nitrogens is 1.